The van der Waals surface area contributed by atoms with Gasteiger partial charge in [-0.25, -0.2) is 0 Å². The molecule has 0 heterocycles. The van der Waals surface area contributed by atoms with Gasteiger partial charge >= 0.3 is 6.18 Å². The number of benzene rings is 1. The molecule has 0 saturated heterocycles. The van der Waals surface area contributed by atoms with Crippen molar-refractivity contribution >= 4 is 28.9 Å². The summed E-state index contributed by atoms with van der Waals surface area (Å²) < 4.78 is 36.5. The first-order valence-electron chi connectivity index (χ1n) is 6.23. The highest BCUT2D eigenvalue weighted by Gasteiger charge is 2.29. The van der Waals surface area contributed by atoms with Crippen LogP contribution in [0.4, 0.5) is 24.5 Å². The van der Waals surface area contributed by atoms with Gasteiger partial charge in [-0.15, -0.1) is 0 Å². The summed E-state index contributed by atoms with van der Waals surface area (Å²) in [4.78, 5) is 13.3. The van der Waals surface area contributed by atoms with Crippen LogP contribution in [0.5, 0.6) is 0 Å². The van der Waals surface area contributed by atoms with Crippen molar-refractivity contribution in [1.29, 1.82) is 0 Å². The summed E-state index contributed by atoms with van der Waals surface area (Å²) in [6, 6.07) is 3.87. The van der Waals surface area contributed by atoms with Crippen molar-refractivity contribution < 1.29 is 18.0 Å². The summed E-state index contributed by atoms with van der Waals surface area (Å²) in [5.74, 6) is -0.439. The molecule has 0 radical (unpaired) electrons. The van der Waals surface area contributed by atoms with E-state index in [0.29, 0.717) is 11.4 Å². The molecular weight excluding hydrogens is 307 g/mol. The average Bonchev–Trinajstić information content (AvgIpc) is 2.37. The van der Waals surface area contributed by atoms with Crippen LogP contribution >= 0.6 is 11.6 Å². The molecule has 21 heavy (non-hydrogen) atoms. The topological polar surface area (TPSA) is 58.4 Å². The van der Waals surface area contributed by atoms with Gasteiger partial charge in [0.25, 0.3) is 0 Å². The highest BCUT2D eigenvalue weighted by molar-refractivity contribution is 6.34. The lowest BCUT2D eigenvalue weighted by atomic mass is 10.2. The number of amides is 1. The summed E-state index contributed by atoms with van der Waals surface area (Å²) in [6.07, 6.45) is -5.21. The lowest BCUT2D eigenvalue weighted by Crippen LogP contribution is -2.41. The van der Waals surface area contributed by atoms with Crippen molar-refractivity contribution in [1.82, 2.24) is 4.90 Å². The van der Waals surface area contributed by atoms with Gasteiger partial charge in [-0.05, 0) is 32.2 Å². The van der Waals surface area contributed by atoms with Crippen LogP contribution in [0.3, 0.4) is 0 Å². The number of nitrogens with one attached hydrogen (secondary N) is 1. The zero-order chi connectivity index (χ0) is 16.2. The molecule has 1 aromatic rings. The number of hydrogen-bond donors (Lipinski definition) is 2. The molecule has 0 bridgehead atoms. The van der Waals surface area contributed by atoms with E-state index in [0.717, 1.165) is 0 Å². The fraction of sp³-hybridized carbons (Fsp3) is 0.462. The minimum absolute atomic E-state index is 0.256. The van der Waals surface area contributed by atoms with E-state index in [4.69, 9.17) is 17.3 Å². The number of rotatable bonds is 5. The Balaban J connectivity index is 2.61. The van der Waals surface area contributed by atoms with E-state index >= 15 is 0 Å². The summed E-state index contributed by atoms with van der Waals surface area (Å²) in [6.45, 7) is 1.27. The van der Waals surface area contributed by atoms with E-state index in [9.17, 15) is 18.0 Å². The highest BCUT2D eigenvalue weighted by Crippen LogP contribution is 2.24. The van der Waals surface area contributed by atoms with Crippen LogP contribution in [0.2, 0.25) is 5.02 Å². The van der Waals surface area contributed by atoms with Crippen molar-refractivity contribution in [3.63, 3.8) is 0 Å². The second-order valence-corrected chi connectivity index (χ2v) is 5.16. The standard InChI is InChI=1S/C13H17ClF3N3O/c1-8(20(2)6-5-13(15,16)17)12(21)19-11-4-3-9(18)7-10(11)14/h3-4,7-8H,5-6,18H2,1-2H3,(H,19,21). The summed E-state index contributed by atoms with van der Waals surface area (Å²) in [5, 5.41) is 2.84. The predicted octanol–water partition coefficient (Wildman–Crippen LogP) is 3.13. The van der Waals surface area contributed by atoms with E-state index < -0.39 is 24.5 Å². The molecule has 0 aromatic heterocycles. The molecule has 118 valence electrons. The number of nitrogens with two attached hydrogens (primary N) is 1. The fourth-order valence-corrected chi connectivity index (χ4v) is 1.80. The number of nitrogen functional groups attached to an aromatic ring is 1. The predicted molar refractivity (Wildman–Crippen MR) is 77.3 cm³/mol. The van der Waals surface area contributed by atoms with Crippen LogP contribution in [-0.2, 0) is 4.79 Å². The van der Waals surface area contributed by atoms with E-state index in [1.807, 2.05) is 0 Å². The number of carbonyl (C=O) groups is 1. The second kappa shape index (κ2) is 7.00. The fourth-order valence-electron chi connectivity index (χ4n) is 1.57. The Morgan fingerprint density at radius 3 is 2.62 bits per heavy atom. The third-order valence-corrected chi connectivity index (χ3v) is 3.35. The minimum Gasteiger partial charge on any atom is -0.399 e. The summed E-state index contributed by atoms with van der Waals surface area (Å²) >= 11 is 5.92. The van der Waals surface area contributed by atoms with E-state index in [1.54, 1.807) is 6.07 Å². The molecule has 3 N–H and O–H groups in total. The molecular formula is C13H17ClF3N3O. The molecule has 0 fully saturated rings. The summed E-state index contributed by atoms with van der Waals surface area (Å²) in [5.41, 5.74) is 6.35. The zero-order valence-corrected chi connectivity index (χ0v) is 12.4. The first-order valence-corrected chi connectivity index (χ1v) is 6.61. The van der Waals surface area contributed by atoms with Gasteiger partial charge in [-0.3, -0.25) is 9.69 Å². The van der Waals surface area contributed by atoms with Gasteiger partial charge in [0, 0.05) is 12.2 Å². The number of hydrogen-bond acceptors (Lipinski definition) is 3. The molecule has 0 aliphatic rings. The number of alkyl halides is 3. The molecule has 1 aromatic carbocycles. The number of carbonyl (C=O) groups excluding carboxylic acids is 1. The van der Waals surface area contributed by atoms with Gasteiger partial charge in [0.05, 0.1) is 23.2 Å². The molecule has 1 amide bonds. The molecule has 0 saturated carbocycles. The molecule has 0 aliphatic heterocycles. The van der Waals surface area contributed by atoms with Crippen LogP contribution < -0.4 is 11.1 Å². The van der Waals surface area contributed by atoms with E-state index in [2.05, 4.69) is 5.32 Å². The highest BCUT2D eigenvalue weighted by atomic mass is 35.5. The van der Waals surface area contributed by atoms with Crippen molar-refractivity contribution in [3.8, 4) is 0 Å². The van der Waals surface area contributed by atoms with Gasteiger partial charge < -0.3 is 11.1 Å². The molecule has 4 nitrogen and oxygen atoms in total. The van der Waals surface area contributed by atoms with Gasteiger partial charge in [0.15, 0.2) is 0 Å². The second-order valence-electron chi connectivity index (χ2n) is 4.75. The Hall–Kier alpha value is -1.47. The van der Waals surface area contributed by atoms with E-state index in [-0.39, 0.29) is 11.6 Å². The van der Waals surface area contributed by atoms with Crippen molar-refractivity contribution in [2.45, 2.75) is 25.6 Å². The maximum Gasteiger partial charge on any atom is 0.390 e. The molecule has 0 spiro atoms. The average molecular weight is 324 g/mol. The largest absolute Gasteiger partial charge is 0.399 e. The third kappa shape index (κ3) is 5.81. The van der Waals surface area contributed by atoms with Crippen LogP contribution in [-0.4, -0.2) is 36.6 Å². The zero-order valence-electron chi connectivity index (χ0n) is 11.7. The Morgan fingerprint density at radius 2 is 2.10 bits per heavy atom. The number of anilines is 2. The smallest absolute Gasteiger partial charge is 0.390 e. The lowest BCUT2D eigenvalue weighted by Gasteiger charge is -2.24. The summed E-state index contributed by atoms with van der Waals surface area (Å²) in [7, 11) is 1.46. The van der Waals surface area contributed by atoms with Crippen LogP contribution in [0.25, 0.3) is 0 Å². The van der Waals surface area contributed by atoms with Gasteiger partial charge in [-0.1, -0.05) is 11.6 Å². The van der Waals surface area contributed by atoms with Gasteiger partial charge in [0.1, 0.15) is 0 Å². The van der Waals surface area contributed by atoms with Gasteiger partial charge in [-0.2, -0.15) is 13.2 Å². The third-order valence-electron chi connectivity index (χ3n) is 3.04. The lowest BCUT2D eigenvalue weighted by molar-refractivity contribution is -0.140. The Morgan fingerprint density at radius 1 is 1.48 bits per heavy atom. The maximum absolute atomic E-state index is 12.2. The Labute approximate surface area is 126 Å². The Bertz CT molecular complexity index is 508. The normalized spacial score (nSPS) is 13.3. The van der Waals surface area contributed by atoms with E-state index in [1.165, 1.54) is 31.0 Å². The molecule has 1 rings (SSSR count). The number of nitrogens with zero attached hydrogens (tertiary/aromatic N) is 1. The molecule has 0 aliphatic carbocycles. The van der Waals surface area contributed by atoms with Crippen LogP contribution in [0.15, 0.2) is 18.2 Å². The quantitative estimate of drug-likeness (QED) is 0.818. The number of halogens is 4. The number of likely N-dealkylation sites (N-methyl/N-ethyl adjacent to an activating group) is 1. The minimum atomic E-state index is -4.25. The Kier molecular flexibility index (Phi) is 5.86. The maximum atomic E-state index is 12.2. The monoisotopic (exact) mass is 323 g/mol. The molecule has 1 unspecified atom stereocenters. The first-order chi connectivity index (χ1) is 9.60. The molecule has 1 atom stereocenters. The van der Waals surface area contributed by atoms with Crippen molar-refractivity contribution in [3.05, 3.63) is 23.2 Å². The van der Waals surface area contributed by atoms with Gasteiger partial charge in [0.2, 0.25) is 5.91 Å². The SMILES string of the molecule is CC(C(=O)Nc1ccc(N)cc1Cl)N(C)CCC(F)(F)F. The van der Waals surface area contributed by atoms with Crippen LogP contribution in [0, 0.1) is 0 Å². The van der Waals surface area contributed by atoms with Crippen molar-refractivity contribution in [2.75, 3.05) is 24.6 Å². The first kappa shape index (κ1) is 17.6. The van der Waals surface area contributed by atoms with Crippen molar-refractivity contribution in [2.24, 2.45) is 0 Å². The van der Waals surface area contributed by atoms with Crippen LogP contribution in [0.1, 0.15) is 13.3 Å². The molecule has 8 heteroatoms.